The van der Waals surface area contributed by atoms with Gasteiger partial charge < -0.3 is 15.5 Å². The monoisotopic (exact) mass is 352 g/mol. The lowest BCUT2D eigenvalue weighted by atomic mass is 9.96. The highest BCUT2D eigenvalue weighted by molar-refractivity contribution is 7.13. The lowest BCUT2D eigenvalue weighted by Gasteiger charge is -2.32. The molecule has 0 spiro atoms. The minimum atomic E-state index is -0.120. The summed E-state index contributed by atoms with van der Waals surface area (Å²) in [5.74, 6) is -0.148. The molecule has 24 heavy (non-hydrogen) atoms. The van der Waals surface area contributed by atoms with Crippen molar-refractivity contribution in [3.8, 4) is 0 Å². The molecular formula is C17H28N4O2S. The SMILES string of the molecule is CCCCNc1nc(C(=O)N2CCCC(C(=O)NC(C)C)C2)cs1. The summed E-state index contributed by atoms with van der Waals surface area (Å²) in [6.07, 6.45) is 3.90. The van der Waals surface area contributed by atoms with Gasteiger partial charge in [-0.05, 0) is 33.1 Å². The summed E-state index contributed by atoms with van der Waals surface area (Å²) in [4.78, 5) is 31.0. The Hall–Kier alpha value is -1.63. The second-order valence-corrected chi connectivity index (χ2v) is 7.43. The highest BCUT2D eigenvalue weighted by Crippen LogP contribution is 2.21. The van der Waals surface area contributed by atoms with E-state index in [2.05, 4.69) is 22.5 Å². The summed E-state index contributed by atoms with van der Waals surface area (Å²) >= 11 is 1.46. The summed E-state index contributed by atoms with van der Waals surface area (Å²) < 4.78 is 0. The Morgan fingerprint density at radius 3 is 2.96 bits per heavy atom. The molecule has 2 N–H and O–H groups in total. The van der Waals surface area contributed by atoms with Gasteiger partial charge in [-0.1, -0.05) is 13.3 Å². The fourth-order valence-electron chi connectivity index (χ4n) is 2.77. The lowest BCUT2D eigenvalue weighted by Crippen LogP contribution is -2.46. The van der Waals surface area contributed by atoms with Crippen LogP contribution in [0.25, 0.3) is 0 Å². The van der Waals surface area contributed by atoms with E-state index in [4.69, 9.17) is 0 Å². The predicted molar refractivity (Wildman–Crippen MR) is 97.4 cm³/mol. The van der Waals surface area contributed by atoms with Gasteiger partial charge in [-0.3, -0.25) is 9.59 Å². The van der Waals surface area contributed by atoms with Gasteiger partial charge in [0.05, 0.1) is 5.92 Å². The van der Waals surface area contributed by atoms with Gasteiger partial charge in [-0.2, -0.15) is 0 Å². The molecule has 1 aromatic rings. The third-order valence-corrected chi connectivity index (χ3v) is 4.84. The topological polar surface area (TPSA) is 74.3 Å². The van der Waals surface area contributed by atoms with Crippen molar-refractivity contribution in [1.82, 2.24) is 15.2 Å². The van der Waals surface area contributed by atoms with Crippen molar-refractivity contribution >= 4 is 28.3 Å². The van der Waals surface area contributed by atoms with Crippen LogP contribution in [0.4, 0.5) is 5.13 Å². The van der Waals surface area contributed by atoms with E-state index >= 15 is 0 Å². The Labute approximate surface area is 148 Å². The second-order valence-electron chi connectivity index (χ2n) is 6.57. The van der Waals surface area contributed by atoms with Crippen LogP contribution in [-0.4, -0.2) is 47.4 Å². The number of piperidine rings is 1. The van der Waals surface area contributed by atoms with Crippen molar-refractivity contribution in [2.24, 2.45) is 5.92 Å². The Balaban J connectivity index is 1.92. The molecular weight excluding hydrogens is 324 g/mol. The first-order valence-electron chi connectivity index (χ1n) is 8.80. The average molecular weight is 353 g/mol. The maximum absolute atomic E-state index is 12.6. The maximum Gasteiger partial charge on any atom is 0.273 e. The number of likely N-dealkylation sites (tertiary alicyclic amines) is 1. The molecule has 1 aliphatic rings. The van der Waals surface area contributed by atoms with E-state index in [-0.39, 0.29) is 23.8 Å². The van der Waals surface area contributed by atoms with Gasteiger partial charge in [0.2, 0.25) is 5.91 Å². The summed E-state index contributed by atoms with van der Waals surface area (Å²) in [7, 11) is 0. The first kappa shape index (κ1) is 18.7. The standard InChI is InChI=1S/C17H28N4O2S/c1-4-5-8-18-17-20-14(11-24-17)16(23)21-9-6-7-13(10-21)15(22)19-12(2)3/h11-13H,4-10H2,1-3H3,(H,18,20)(H,19,22). The zero-order chi connectivity index (χ0) is 17.5. The third-order valence-electron chi connectivity index (χ3n) is 4.04. The average Bonchev–Trinajstić information content (AvgIpc) is 3.03. The fraction of sp³-hybridized carbons (Fsp3) is 0.706. The molecule has 7 heteroatoms. The Morgan fingerprint density at radius 2 is 2.25 bits per heavy atom. The molecule has 1 atom stereocenters. The lowest BCUT2D eigenvalue weighted by molar-refractivity contribution is -0.126. The van der Waals surface area contributed by atoms with E-state index < -0.39 is 0 Å². The number of anilines is 1. The van der Waals surface area contributed by atoms with Gasteiger partial charge in [-0.25, -0.2) is 4.98 Å². The van der Waals surface area contributed by atoms with E-state index in [1.165, 1.54) is 11.3 Å². The van der Waals surface area contributed by atoms with Crippen molar-refractivity contribution in [2.45, 2.75) is 52.5 Å². The van der Waals surface area contributed by atoms with E-state index in [1.54, 1.807) is 10.3 Å². The molecule has 2 rings (SSSR count). The molecule has 1 aliphatic heterocycles. The number of rotatable bonds is 7. The van der Waals surface area contributed by atoms with Crippen molar-refractivity contribution in [3.05, 3.63) is 11.1 Å². The molecule has 0 aromatic carbocycles. The van der Waals surface area contributed by atoms with Crippen LogP contribution >= 0.6 is 11.3 Å². The normalized spacial score (nSPS) is 17.8. The van der Waals surface area contributed by atoms with Gasteiger partial charge in [0, 0.05) is 31.1 Å². The summed E-state index contributed by atoms with van der Waals surface area (Å²) in [6, 6.07) is 0.124. The molecule has 0 saturated carbocycles. The molecule has 1 fully saturated rings. The molecule has 1 unspecified atom stereocenters. The number of thiazole rings is 1. The number of carbonyl (C=O) groups is 2. The largest absolute Gasteiger partial charge is 0.362 e. The Morgan fingerprint density at radius 1 is 1.46 bits per heavy atom. The Kier molecular flexibility index (Phi) is 7.02. The zero-order valence-corrected chi connectivity index (χ0v) is 15.6. The molecule has 6 nitrogen and oxygen atoms in total. The minimum absolute atomic E-state index is 0.0442. The van der Waals surface area contributed by atoms with Crippen LogP contribution in [0.15, 0.2) is 5.38 Å². The number of carbonyl (C=O) groups excluding carboxylic acids is 2. The van der Waals surface area contributed by atoms with Gasteiger partial charge in [0.25, 0.3) is 5.91 Å². The van der Waals surface area contributed by atoms with Crippen LogP contribution in [0.5, 0.6) is 0 Å². The van der Waals surface area contributed by atoms with Gasteiger partial charge in [0.1, 0.15) is 5.69 Å². The minimum Gasteiger partial charge on any atom is -0.362 e. The van der Waals surface area contributed by atoms with Crippen molar-refractivity contribution in [2.75, 3.05) is 25.0 Å². The van der Waals surface area contributed by atoms with Crippen molar-refractivity contribution in [3.63, 3.8) is 0 Å². The summed E-state index contributed by atoms with van der Waals surface area (Å²) in [6.45, 7) is 8.09. The van der Waals surface area contributed by atoms with Gasteiger partial charge in [-0.15, -0.1) is 11.3 Å². The summed E-state index contributed by atoms with van der Waals surface area (Å²) in [5.41, 5.74) is 0.476. The molecule has 0 aliphatic carbocycles. The highest BCUT2D eigenvalue weighted by Gasteiger charge is 2.30. The number of hydrogen-bond acceptors (Lipinski definition) is 5. The molecule has 134 valence electrons. The van der Waals surface area contributed by atoms with Crippen LogP contribution < -0.4 is 10.6 Å². The quantitative estimate of drug-likeness (QED) is 0.740. The Bertz CT molecular complexity index is 559. The molecule has 0 bridgehead atoms. The third kappa shape index (κ3) is 5.19. The van der Waals surface area contributed by atoms with Crippen LogP contribution in [0.1, 0.15) is 56.9 Å². The van der Waals surface area contributed by atoms with Crippen LogP contribution in [0, 0.1) is 5.92 Å². The van der Waals surface area contributed by atoms with Crippen LogP contribution in [-0.2, 0) is 4.79 Å². The first-order chi connectivity index (χ1) is 11.5. The van der Waals surface area contributed by atoms with E-state index in [0.29, 0.717) is 18.8 Å². The first-order valence-corrected chi connectivity index (χ1v) is 9.68. The van der Waals surface area contributed by atoms with Crippen LogP contribution in [0.3, 0.4) is 0 Å². The predicted octanol–water partition coefficient (Wildman–Crippen LogP) is 2.73. The van der Waals surface area contributed by atoms with Crippen molar-refractivity contribution in [1.29, 1.82) is 0 Å². The number of amides is 2. The number of nitrogens with one attached hydrogen (secondary N) is 2. The van der Waals surface area contributed by atoms with Gasteiger partial charge >= 0.3 is 0 Å². The highest BCUT2D eigenvalue weighted by atomic mass is 32.1. The van der Waals surface area contributed by atoms with Crippen molar-refractivity contribution < 1.29 is 9.59 Å². The van der Waals surface area contributed by atoms with Crippen LogP contribution in [0.2, 0.25) is 0 Å². The molecule has 2 amide bonds. The number of aromatic nitrogens is 1. The van der Waals surface area contributed by atoms with Gasteiger partial charge in [0.15, 0.2) is 5.13 Å². The molecule has 1 saturated heterocycles. The molecule has 0 radical (unpaired) electrons. The maximum atomic E-state index is 12.6. The van der Waals surface area contributed by atoms with E-state index in [0.717, 1.165) is 37.4 Å². The number of unbranched alkanes of at least 4 members (excludes halogenated alkanes) is 1. The number of hydrogen-bond donors (Lipinski definition) is 2. The fourth-order valence-corrected chi connectivity index (χ4v) is 3.48. The van der Waals surface area contributed by atoms with E-state index in [1.807, 2.05) is 13.8 Å². The van der Waals surface area contributed by atoms with E-state index in [9.17, 15) is 9.59 Å². The second kappa shape index (κ2) is 9.01. The zero-order valence-electron chi connectivity index (χ0n) is 14.8. The smallest absolute Gasteiger partial charge is 0.273 e. The summed E-state index contributed by atoms with van der Waals surface area (Å²) in [5, 5.41) is 8.78. The molecule has 2 heterocycles. The number of nitrogens with zero attached hydrogens (tertiary/aromatic N) is 2. The molecule has 1 aromatic heterocycles.